The van der Waals surface area contributed by atoms with E-state index in [1.165, 1.54) is 15.5 Å². The largest absolute Gasteiger partial charge is 0.383 e. The quantitative estimate of drug-likeness (QED) is 0.521. The number of amides is 1. The van der Waals surface area contributed by atoms with Crippen LogP contribution in [-0.2, 0) is 11.3 Å². The van der Waals surface area contributed by atoms with E-state index >= 15 is 0 Å². The van der Waals surface area contributed by atoms with Crippen molar-refractivity contribution >= 4 is 17.4 Å². The smallest absolute Gasteiger partial charge is 0.330 e. The lowest BCUT2D eigenvalue weighted by atomic mass is 10.1. The number of carbonyl (C=O) groups is 1. The molecule has 186 valence electrons. The van der Waals surface area contributed by atoms with E-state index in [2.05, 4.69) is 4.98 Å². The Kier molecular flexibility index (Phi) is 8.30. The number of rotatable bonds is 11. The van der Waals surface area contributed by atoms with Crippen LogP contribution in [0.2, 0.25) is 0 Å². The van der Waals surface area contributed by atoms with Crippen LogP contribution < -0.4 is 21.9 Å². The molecule has 8 nitrogen and oxygen atoms in total. The number of aromatic nitrogens is 2. The molecule has 0 saturated heterocycles. The fourth-order valence-corrected chi connectivity index (χ4v) is 4.28. The molecular formula is C25H36FN5O3. The highest BCUT2D eigenvalue weighted by Crippen LogP contribution is 2.35. The molecule has 1 heterocycles. The number of carbonyl (C=O) groups excluding carboxylic acids is 1. The van der Waals surface area contributed by atoms with Crippen molar-refractivity contribution < 1.29 is 9.18 Å². The molecule has 1 saturated carbocycles. The van der Waals surface area contributed by atoms with Gasteiger partial charge in [0.1, 0.15) is 11.6 Å². The summed E-state index contributed by atoms with van der Waals surface area (Å²) in [6, 6.07) is 6.46. The van der Waals surface area contributed by atoms with Gasteiger partial charge < -0.3 is 10.6 Å². The molecule has 3 N–H and O–H groups in total. The van der Waals surface area contributed by atoms with Gasteiger partial charge in [-0.25, -0.2) is 9.18 Å². The molecule has 0 bridgehead atoms. The molecule has 0 aliphatic heterocycles. The fourth-order valence-electron chi connectivity index (χ4n) is 4.28. The van der Waals surface area contributed by atoms with E-state index in [-0.39, 0.29) is 47.8 Å². The van der Waals surface area contributed by atoms with Crippen molar-refractivity contribution in [1.29, 1.82) is 0 Å². The normalized spacial score (nSPS) is 14.6. The van der Waals surface area contributed by atoms with E-state index in [0.717, 1.165) is 19.3 Å². The number of benzene rings is 1. The molecule has 1 aromatic heterocycles. The average Bonchev–Trinajstić information content (AvgIpc) is 3.62. The predicted octanol–water partition coefficient (Wildman–Crippen LogP) is 3.27. The standard InChI is InChI=1S/C25H36FN5O3/c1-5-6-13-29(22-23(27)31(14-16(2)3)25(34)28-24(22)33)21(32)15-30(18-11-12-18)17(4)19-9-7-8-10-20(19)26/h7-10,16-18H,5-6,11-15,27H2,1-4H3,(H,28,33,34). The fraction of sp³-hybridized carbons (Fsp3) is 0.560. The summed E-state index contributed by atoms with van der Waals surface area (Å²) in [5.41, 5.74) is 5.58. The lowest BCUT2D eigenvalue weighted by molar-refractivity contribution is -0.120. The third-order valence-corrected chi connectivity index (χ3v) is 6.25. The van der Waals surface area contributed by atoms with Crippen LogP contribution in [0, 0.1) is 11.7 Å². The zero-order valence-corrected chi connectivity index (χ0v) is 20.5. The second-order valence-electron chi connectivity index (χ2n) is 9.50. The maximum atomic E-state index is 14.5. The first-order valence-corrected chi connectivity index (χ1v) is 12.1. The molecule has 1 aliphatic rings. The summed E-state index contributed by atoms with van der Waals surface area (Å²) in [7, 11) is 0. The Morgan fingerprint density at radius 1 is 1.24 bits per heavy atom. The van der Waals surface area contributed by atoms with Gasteiger partial charge >= 0.3 is 5.69 Å². The van der Waals surface area contributed by atoms with Gasteiger partial charge in [0, 0.05) is 30.7 Å². The lowest BCUT2D eigenvalue weighted by Crippen LogP contribution is -2.46. The third-order valence-electron chi connectivity index (χ3n) is 6.25. The second-order valence-corrected chi connectivity index (χ2v) is 9.50. The molecule has 1 aromatic carbocycles. The van der Waals surface area contributed by atoms with Crippen molar-refractivity contribution in [1.82, 2.24) is 14.5 Å². The Morgan fingerprint density at radius 2 is 1.91 bits per heavy atom. The molecule has 1 aliphatic carbocycles. The first kappa shape index (κ1) is 25.7. The Labute approximate surface area is 199 Å². The molecule has 34 heavy (non-hydrogen) atoms. The number of nitrogens with two attached hydrogens (primary N) is 1. The summed E-state index contributed by atoms with van der Waals surface area (Å²) < 4.78 is 15.8. The summed E-state index contributed by atoms with van der Waals surface area (Å²) in [6.45, 7) is 8.41. The first-order chi connectivity index (χ1) is 16.1. The van der Waals surface area contributed by atoms with Gasteiger partial charge in [-0.15, -0.1) is 0 Å². The van der Waals surface area contributed by atoms with Gasteiger partial charge in [-0.05, 0) is 38.2 Å². The summed E-state index contributed by atoms with van der Waals surface area (Å²) in [4.78, 5) is 44.6. The summed E-state index contributed by atoms with van der Waals surface area (Å²) in [6.07, 6.45) is 3.34. The topological polar surface area (TPSA) is 104 Å². The Bertz CT molecular complexity index is 1120. The van der Waals surface area contributed by atoms with Crippen molar-refractivity contribution in [3.05, 3.63) is 56.5 Å². The number of aromatic amines is 1. The Morgan fingerprint density at radius 3 is 2.50 bits per heavy atom. The van der Waals surface area contributed by atoms with Crippen LogP contribution in [0.3, 0.4) is 0 Å². The van der Waals surface area contributed by atoms with E-state index in [1.54, 1.807) is 18.2 Å². The van der Waals surface area contributed by atoms with Gasteiger partial charge in [0.05, 0.1) is 6.54 Å². The minimum absolute atomic E-state index is 0.00738. The van der Waals surface area contributed by atoms with Crippen molar-refractivity contribution in [2.45, 2.75) is 72.0 Å². The van der Waals surface area contributed by atoms with Crippen LogP contribution in [0.5, 0.6) is 0 Å². The highest BCUT2D eigenvalue weighted by molar-refractivity contribution is 5.96. The van der Waals surface area contributed by atoms with Gasteiger partial charge in [0.2, 0.25) is 5.91 Å². The highest BCUT2D eigenvalue weighted by atomic mass is 19.1. The van der Waals surface area contributed by atoms with Crippen LogP contribution in [0.15, 0.2) is 33.9 Å². The predicted molar refractivity (Wildman–Crippen MR) is 132 cm³/mol. The summed E-state index contributed by atoms with van der Waals surface area (Å²) >= 11 is 0. The zero-order chi connectivity index (χ0) is 25.0. The number of hydrogen-bond donors (Lipinski definition) is 2. The number of nitrogen functional groups attached to an aromatic ring is 1. The van der Waals surface area contributed by atoms with Gasteiger partial charge in [0.25, 0.3) is 5.56 Å². The van der Waals surface area contributed by atoms with Crippen molar-refractivity contribution in [2.75, 3.05) is 23.7 Å². The van der Waals surface area contributed by atoms with E-state index in [0.29, 0.717) is 25.1 Å². The number of H-pyrrole nitrogens is 1. The van der Waals surface area contributed by atoms with Gasteiger partial charge in [-0.3, -0.25) is 24.0 Å². The monoisotopic (exact) mass is 473 g/mol. The number of hydrogen-bond acceptors (Lipinski definition) is 5. The average molecular weight is 474 g/mol. The van der Waals surface area contributed by atoms with E-state index in [1.807, 2.05) is 32.6 Å². The van der Waals surface area contributed by atoms with Gasteiger partial charge in [0.15, 0.2) is 5.69 Å². The van der Waals surface area contributed by atoms with E-state index in [9.17, 15) is 18.8 Å². The van der Waals surface area contributed by atoms with E-state index < -0.39 is 11.2 Å². The van der Waals surface area contributed by atoms with Crippen LogP contribution >= 0.6 is 0 Å². The van der Waals surface area contributed by atoms with Gasteiger partial charge in [-0.2, -0.15) is 0 Å². The van der Waals surface area contributed by atoms with Crippen LogP contribution in [0.1, 0.15) is 65.0 Å². The van der Waals surface area contributed by atoms with Crippen molar-refractivity contribution in [2.24, 2.45) is 5.92 Å². The third kappa shape index (κ3) is 5.75. The van der Waals surface area contributed by atoms with Gasteiger partial charge in [-0.1, -0.05) is 45.4 Å². The first-order valence-electron chi connectivity index (χ1n) is 12.1. The second kappa shape index (κ2) is 11.0. The minimum atomic E-state index is -0.674. The molecule has 3 rings (SSSR count). The Hall–Kier alpha value is -2.94. The highest BCUT2D eigenvalue weighted by Gasteiger charge is 2.36. The number of nitrogens with one attached hydrogen (secondary N) is 1. The van der Waals surface area contributed by atoms with Crippen molar-refractivity contribution in [3.8, 4) is 0 Å². The number of anilines is 2. The molecule has 1 atom stereocenters. The lowest BCUT2D eigenvalue weighted by Gasteiger charge is -2.32. The maximum absolute atomic E-state index is 14.5. The van der Waals surface area contributed by atoms with Crippen LogP contribution in [0.4, 0.5) is 15.9 Å². The van der Waals surface area contributed by atoms with Crippen molar-refractivity contribution in [3.63, 3.8) is 0 Å². The Balaban J connectivity index is 1.97. The van der Waals surface area contributed by atoms with Crippen LogP contribution in [0.25, 0.3) is 0 Å². The summed E-state index contributed by atoms with van der Waals surface area (Å²) in [5, 5.41) is 0. The molecule has 2 aromatic rings. The SMILES string of the molecule is CCCCN(C(=O)CN(C1CC1)C(C)c1ccccc1F)c1c(N)n(CC(C)C)c(=O)[nH]c1=O. The molecule has 9 heteroatoms. The molecule has 1 unspecified atom stereocenters. The zero-order valence-electron chi connectivity index (χ0n) is 20.5. The molecule has 0 radical (unpaired) electrons. The van der Waals surface area contributed by atoms with E-state index in [4.69, 9.17) is 5.73 Å². The minimum Gasteiger partial charge on any atom is -0.383 e. The maximum Gasteiger partial charge on any atom is 0.330 e. The molecule has 1 amide bonds. The number of nitrogens with zero attached hydrogens (tertiary/aromatic N) is 3. The number of unbranched alkanes of at least 4 members (excludes halogenated alkanes) is 1. The molecule has 1 fully saturated rings. The number of halogens is 1. The molecule has 0 spiro atoms. The molecular weight excluding hydrogens is 437 g/mol. The van der Waals surface area contributed by atoms with Crippen LogP contribution in [-0.4, -0.2) is 39.5 Å². The summed E-state index contributed by atoms with van der Waals surface area (Å²) in [5.74, 6) is -0.495.